The molecule has 15 heavy (non-hydrogen) atoms. The maximum atomic E-state index is 11.6. The largest absolute Gasteiger partial charge is 0.381 e. The molecule has 88 valence electrons. The molecular formula is C11H22N2O2. The molecule has 0 radical (unpaired) electrons. The van der Waals surface area contributed by atoms with Gasteiger partial charge in [0.1, 0.15) is 0 Å². The molecule has 1 saturated heterocycles. The number of carbonyl (C=O) groups excluding carboxylic acids is 1. The molecule has 0 aliphatic carbocycles. The Morgan fingerprint density at radius 3 is 2.67 bits per heavy atom. The van der Waals surface area contributed by atoms with Crippen LogP contribution in [0.4, 0.5) is 0 Å². The normalized spacial score (nSPS) is 22.1. The second-order valence-corrected chi connectivity index (χ2v) is 4.26. The van der Waals surface area contributed by atoms with Crippen molar-refractivity contribution in [1.82, 2.24) is 5.32 Å². The number of hydrogen-bond donors (Lipinski definition) is 2. The molecule has 1 amide bonds. The van der Waals surface area contributed by atoms with E-state index in [9.17, 15) is 4.79 Å². The van der Waals surface area contributed by atoms with Crippen molar-refractivity contribution in [2.75, 3.05) is 13.2 Å². The minimum Gasteiger partial charge on any atom is -0.381 e. The first-order valence-corrected chi connectivity index (χ1v) is 5.78. The second-order valence-electron chi connectivity index (χ2n) is 4.26. The van der Waals surface area contributed by atoms with Gasteiger partial charge in [0, 0.05) is 19.3 Å². The zero-order valence-electron chi connectivity index (χ0n) is 9.66. The first kappa shape index (κ1) is 12.5. The lowest BCUT2D eigenvalue weighted by Gasteiger charge is -2.29. The zero-order chi connectivity index (χ0) is 11.3. The van der Waals surface area contributed by atoms with Gasteiger partial charge in [-0.25, -0.2) is 0 Å². The molecule has 1 aliphatic rings. The summed E-state index contributed by atoms with van der Waals surface area (Å²) < 4.78 is 5.29. The smallest absolute Gasteiger partial charge is 0.237 e. The molecule has 1 heterocycles. The first-order chi connectivity index (χ1) is 7.15. The van der Waals surface area contributed by atoms with Gasteiger partial charge < -0.3 is 15.8 Å². The second kappa shape index (κ2) is 6.08. The van der Waals surface area contributed by atoms with Crippen LogP contribution in [-0.2, 0) is 9.53 Å². The van der Waals surface area contributed by atoms with Crippen LogP contribution in [0.25, 0.3) is 0 Å². The summed E-state index contributed by atoms with van der Waals surface area (Å²) in [5.41, 5.74) is 5.66. The fourth-order valence-electron chi connectivity index (χ4n) is 1.85. The van der Waals surface area contributed by atoms with E-state index in [2.05, 4.69) is 12.2 Å². The maximum Gasteiger partial charge on any atom is 0.237 e. The van der Waals surface area contributed by atoms with E-state index >= 15 is 0 Å². The van der Waals surface area contributed by atoms with Crippen LogP contribution in [0.15, 0.2) is 0 Å². The van der Waals surface area contributed by atoms with Gasteiger partial charge in [-0.05, 0) is 32.1 Å². The van der Waals surface area contributed by atoms with E-state index in [0.29, 0.717) is 12.3 Å². The molecule has 4 nitrogen and oxygen atoms in total. The summed E-state index contributed by atoms with van der Waals surface area (Å²) in [5, 5.41) is 2.98. The molecule has 0 aromatic heterocycles. The minimum atomic E-state index is -0.368. The van der Waals surface area contributed by atoms with Gasteiger partial charge >= 0.3 is 0 Å². The van der Waals surface area contributed by atoms with Crippen LogP contribution in [0.3, 0.4) is 0 Å². The molecule has 0 aromatic rings. The fraction of sp³-hybridized carbons (Fsp3) is 0.909. The lowest BCUT2D eigenvalue weighted by Crippen LogP contribution is -2.47. The summed E-state index contributed by atoms with van der Waals surface area (Å²) in [6.45, 7) is 5.59. The van der Waals surface area contributed by atoms with Crippen LogP contribution in [0.5, 0.6) is 0 Å². The van der Waals surface area contributed by atoms with Gasteiger partial charge in [0.2, 0.25) is 5.91 Å². The molecule has 0 bridgehead atoms. The highest BCUT2D eigenvalue weighted by Gasteiger charge is 2.23. The van der Waals surface area contributed by atoms with E-state index < -0.39 is 0 Å². The Balaban J connectivity index is 2.33. The molecule has 1 rings (SSSR count). The predicted molar refractivity (Wildman–Crippen MR) is 59.4 cm³/mol. The van der Waals surface area contributed by atoms with Crippen molar-refractivity contribution in [3.8, 4) is 0 Å². The Morgan fingerprint density at radius 1 is 1.53 bits per heavy atom. The monoisotopic (exact) mass is 214 g/mol. The first-order valence-electron chi connectivity index (χ1n) is 5.78. The molecule has 0 spiro atoms. The minimum absolute atomic E-state index is 0.0310. The van der Waals surface area contributed by atoms with Gasteiger partial charge in [-0.3, -0.25) is 4.79 Å². The highest BCUT2D eigenvalue weighted by molar-refractivity contribution is 5.81. The standard InChI is InChI=1S/C11H22N2O2/c1-3-10(12)11(14)13-8(2)9-4-6-15-7-5-9/h8-10H,3-7,12H2,1-2H3,(H,13,14)/t8?,10-/m0/s1. The molecule has 0 aromatic carbocycles. The van der Waals surface area contributed by atoms with E-state index in [1.807, 2.05) is 6.92 Å². The topological polar surface area (TPSA) is 64.4 Å². The maximum absolute atomic E-state index is 11.6. The third-order valence-corrected chi connectivity index (χ3v) is 3.12. The van der Waals surface area contributed by atoms with Crippen molar-refractivity contribution in [3.63, 3.8) is 0 Å². The van der Waals surface area contributed by atoms with Crippen molar-refractivity contribution >= 4 is 5.91 Å². The Labute approximate surface area is 91.5 Å². The van der Waals surface area contributed by atoms with Gasteiger partial charge in [0.25, 0.3) is 0 Å². The van der Waals surface area contributed by atoms with E-state index in [1.54, 1.807) is 0 Å². The molecule has 1 unspecified atom stereocenters. The van der Waals surface area contributed by atoms with Gasteiger partial charge in [-0.1, -0.05) is 6.92 Å². The van der Waals surface area contributed by atoms with E-state index in [4.69, 9.17) is 10.5 Å². The number of hydrogen-bond acceptors (Lipinski definition) is 3. The number of nitrogens with two attached hydrogens (primary N) is 1. The lowest BCUT2D eigenvalue weighted by atomic mass is 9.93. The van der Waals surface area contributed by atoms with Gasteiger partial charge in [0.05, 0.1) is 6.04 Å². The Hall–Kier alpha value is -0.610. The fourth-order valence-corrected chi connectivity index (χ4v) is 1.85. The van der Waals surface area contributed by atoms with Crippen LogP contribution in [0, 0.1) is 5.92 Å². The number of carbonyl (C=O) groups is 1. The molecule has 0 saturated carbocycles. The third-order valence-electron chi connectivity index (χ3n) is 3.12. The molecule has 2 atom stereocenters. The summed E-state index contributed by atoms with van der Waals surface area (Å²) in [4.78, 5) is 11.6. The highest BCUT2D eigenvalue weighted by Crippen LogP contribution is 2.18. The van der Waals surface area contributed by atoms with Gasteiger partial charge in [-0.15, -0.1) is 0 Å². The Bertz CT molecular complexity index is 203. The van der Waals surface area contributed by atoms with E-state index in [1.165, 1.54) is 0 Å². The van der Waals surface area contributed by atoms with Gasteiger partial charge in [-0.2, -0.15) is 0 Å². The van der Waals surface area contributed by atoms with Crippen molar-refractivity contribution in [3.05, 3.63) is 0 Å². The third kappa shape index (κ3) is 3.80. The van der Waals surface area contributed by atoms with E-state index in [0.717, 1.165) is 26.1 Å². The van der Waals surface area contributed by atoms with Crippen LogP contribution >= 0.6 is 0 Å². The average molecular weight is 214 g/mol. The quantitative estimate of drug-likeness (QED) is 0.722. The number of nitrogens with one attached hydrogen (secondary N) is 1. The molecule has 1 aliphatic heterocycles. The number of amides is 1. The Morgan fingerprint density at radius 2 is 2.13 bits per heavy atom. The van der Waals surface area contributed by atoms with Crippen molar-refractivity contribution < 1.29 is 9.53 Å². The van der Waals surface area contributed by atoms with Crippen molar-refractivity contribution in [1.29, 1.82) is 0 Å². The van der Waals surface area contributed by atoms with Crippen molar-refractivity contribution in [2.24, 2.45) is 11.7 Å². The summed E-state index contributed by atoms with van der Waals surface area (Å²) >= 11 is 0. The van der Waals surface area contributed by atoms with Crippen LogP contribution in [0.2, 0.25) is 0 Å². The number of rotatable bonds is 4. The van der Waals surface area contributed by atoms with Crippen LogP contribution < -0.4 is 11.1 Å². The summed E-state index contributed by atoms with van der Waals surface area (Å²) in [6.07, 6.45) is 2.75. The SMILES string of the molecule is CC[C@H](N)C(=O)NC(C)C1CCOCC1. The molecular weight excluding hydrogens is 192 g/mol. The molecule has 3 N–H and O–H groups in total. The molecule has 1 fully saturated rings. The number of ether oxygens (including phenoxy) is 1. The van der Waals surface area contributed by atoms with E-state index in [-0.39, 0.29) is 18.0 Å². The summed E-state index contributed by atoms with van der Waals surface area (Å²) in [6, 6.07) is -0.161. The van der Waals surface area contributed by atoms with Crippen LogP contribution in [0.1, 0.15) is 33.1 Å². The van der Waals surface area contributed by atoms with Gasteiger partial charge in [0.15, 0.2) is 0 Å². The zero-order valence-corrected chi connectivity index (χ0v) is 9.66. The Kier molecular flexibility index (Phi) is 5.05. The predicted octanol–water partition coefficient (Wildman–Crippen LogP) is 0.655. The average Bonchev–Trinajstić information content (AvgIpc) is 2.29. The molecule has 4 heteroatoms. The lowest BCUT2D eigenvalue weighted by molar-refractivity contribution is -0.123. The summed E-state index contributed by atoms with van der Waals surface area (Å²) in [5.74, 6) is 0.503. The van der Waals surface area contributed by atoms with Crippen molar-refractivity contribution in [2.45, 2.75) is 45.2 Å². The highest BCUT2D eigenvalue weighted by atomic mass is 16.5. The summed E-state index contributed by atoms with van der Waals surface area (Å²) in [7, 11) is 0. The van der Waals surface area contributed by atoms with Crippen LogP contribution in [-0.4, -0.2) is 31.2 Å².